The largest absolute Gasteiger partial charge is 0.477 e. The number of nitrogens with zero attached hydrogens (tertiary/aromatic N) is 3. The number of aromatic amines is 1. The third kappa shape index (κ3) is 1.62. The Morgan fingerprint density at radius 2 is 2.27 bits per heavy atom. The Morgan fingerprint density at radius 1 is 1.47 bits per heavy atom. The minimum atomic E-state index is -1.15. The Morgan fingerprint density at radius 3 is 2.80 bits per heavy atom. The van der Waals surface area contributed by atoms with Crippen LogP contribution in [0.4, 0.5) is 5.82 Å². The highest BCUT2D eigenvalue weighted by Gasteiger charge is 2.12. The van der Waals surface area contributed by atoms with E-state index in [1.54, 1.807) is 12.4 Å². The van der Waals surface area contributed by atoms with Crippen LogP contribution >= 0.6 is 0 Å². The van der Waals surface area contributed by atoms with Gasteiger partial charge in [0, 0.05) is 18.6 Å². The molecule has 0 amide bonds. The number of H-pyrrole nitrogens is 1. The molecule has 15 heavy (non-hydrogen) atoms. The fourth-order valence-electron chi connectivity index (χ4n) is 1.06. The standard InChI is InChI=1S/C8H7N5O2/c9-5-4(8(14)15)3-12-7(13-5)6-10-1-2-11-6/h1-3H,(H,10,11)(H,14,15)(H2,9,12,13). The molecule has 7 heteroatoms. The number of carboxylic acid groups (broad SMARTS) is 1. The molecule has 0 fully saturated rings. The number of nitrogen functional groups attached to an aromatic ring is 1. The molecule has 0 aliphatic rings. The molecular weight excluding hydrogens is 198 g/mol. The van der Waals surface area contributed by atoms with Gasteiger partial charge in [0.2, 0.25) is 0 Å². The summed E-state index contributed by atoms with van der Waals surface area (Å²) >= 11 is 0. The van der Waals surface area contributed by atoms with Gasteiger partial charge in [0.15, 0.2) is 11.6 Å². The second-order valence-electron chi connectivity index (χ2n) is 2.74. The number of nitrogens with one attached hydrogen (secondary N) is 1. The molecule has 0 radical (unpaired) electrons. The van der Waals surface area contributed by atoms with Crippen molar-refractivity contribution in [2.24, 2.45) is 0 Å². The van der Waals surface area contributed by atoms with Gasteiger partial charge in [-0.15, -0.1) is 0 Å². The van der Waals surface area contributed by atoms with Gasteiger partial charge in [0.05, 0.1) is 0 Å². The maximum atomic E-state index is 10.6. The normalized spacial score (nSPS) is 10.1. The lowest BCUT2D eigenvalue weighted by molar-refractivity contribution is 0.0697. The van der Waals surface area contributed by atoms with Crippen molar-refractivity contribution in [3.63, 3.8) is 0 Å². The molecule has 76 valence electrons. The first-order chi connectivity index (χ1) is 7.18. The maximum absolute atomic E-state index is 10.6. The van der Waals surface area contributed by atoms with Crippen molar-refractivity contribution in [2.45, 2.75) is 0 Å². The Hall–Kier alpha value is -2.44. The van der Waals surface area contributed by atoms with Gasteiger partial charge in [0.1, 0.15) is 11.4 Å². The van der Waals surface area contributed by atoms with E-state index in [4.69, 9.17) is 10.8 Å². The average molecular weight is 205 g/mol. The second-order valence-corrected chi connectivity index (χ2v) is 2.74. The summed E-state index contributed by atoms with van der Waals surface area (Å²) in [4.78, 5) is 25.0. The molecule has 2 aromatic heterocycles. The Labute approximate surface area is 84.0 Å². The monoisotopic (exact) mass is 205 g/mol. The van der Waals surface area contributed by atoms with Gasteiger partial charge in [0.25, 0.3) is 0 Å². The lowest BCUT2D eigenvalue weighted by Crippen LogP contribution is -2.07. The first-order valence-corrected chi connectivity index (χ1v) is 4.04. The molecule has 2 aromatic rings. The Kier molecular flexibility index (Phi) is 2.05. The van der Waals surface area contributed by atoms with E-state index in [0.717, 1.165) is 6.20 Å². The van der Waals surface area contributed by atoms with E-state index in [1.165, 1.54) is 0 Å². The topological polar surface area (TPSA) is 118 Å². The average Bonchev–Trinajstić information content (AvgIpc) is 2.69. The maximum Gasteiger partial charge on any atom is 0.341 e. The highest BCUT2D eigenvalue weighted by Crippen LogP contribution is 2.13. The minimum absolute atomic E-state index is 0.0797. The lowest BCUT2D eigenvalue weighted by atomic mass is 10.3. The first kappa shape index (κ1) is 9.13. The molecule has 0 aromatic carbocycles. The van der Waals surface area contributed by atoms with E-state index in [1.807, 2.05) is 0 Å². The number of hydrogen-bond acceptors (Lipinski definition) is 5. The Bertz CT molecular complexity index is 494. The number of nitrogens with two attached hydrogens (primary N) is 1. The fraction of sp³-hybridized carbons (Fsp3) is 0. The smallest absolute Gasteiger partial charge is 0.341 e. The molecule has 7 nitrogen and oxygen atoms in total. The number of aromatic carboxylic acids is 1. The number of hydrogen-bond donors (Lipinski definition) is 3. The van der Waals surface area contributed by atoms with Crippen LogP contribution in [0.3, 0.4) is 0 Å². The summed E-state index contributed by atoms with van der Waals surface area (Å²) in [7, 11) is 0. The van der Waals surface area contributed by atoms with E-state index in [-0.39, 0.29) is 17.2 Å². The van der Waals surface area contributed by atoms with Crippen LogP contribution in [0.25, 0.3) is 11.6 Å². The van der Waals surface area contributed by atoms with Crippen LogP contribution in [0.1, 0.15) is 10.4 Å². The summed E-state index contributed by atoms with van der Waals surface area (Å²) in [6, 6.07) is 0. The number of imidazole rings is 1. The van der Waals surface area contributed by atoms with Gasteiger partial charge in [-0.25, -0.2) is 19.7 Å². The lowest BCUT2D eigenvalue weighted by Gasteiger charge is -2.00. The molecule has 2 heterocycles. The molecule has 2 rings (SSSR count). The van der Waals surface area contributed by atoms with Crippen molar-refractivity contribution in [1.29, 1.82) is 0 Å². The third-order valence-electron chi connectivity index (χ3n) is 1.76. The zero-order valence-corrected chi connectivity index (χ0v) is 7.51. The van der Waals surface area contributed by atoms with Gasteiger partial charge in [-0.3, -0.25) is 0 Å². The van der Waals surface area contributed by atoms with E-state index < -0.39 is 5.97 Å². The predicted octanol–water partition coefficient (Wildman–Crippen LogP) is 0.147. The van der Waals surface area contributed by atoms with Crippen LogP contribution < -0.4 is 5.73 Å². The molecule has 0 spiro atoms. The summed E-state index contributed by atoms with van der Waals surface area (Å²) in [5.74, 6) is -0.525. The molecule has 0 bridgehead atoms. The van der Waals surface area contributed by atoms with Gasteiger partial charge >= 0.3 is 5.97 Å². The van der Waals surface area contributed by atoms with Crippen LogP contribution in [0.5, 0.6) is 0 Å². The highest BCUT2D eigenvalue weighted by molar-refractivity contribution is 5.92. The molecule has 0 saturated heterocycles. The number of carboxylic acids is 1. The van der Waals surface area contributed by atoms with Gasteiger partial charge in [-0.1, -0.05) is 0 Å². The summed E-state index contributed by atoms with van der Waals surface area (Å²) < 4.78 is 0. The molecular formula is C8H7N5O2. The number of carbonyl (C=O) groups is 1. The predicted molar refractivity (Wildman–Crippen MR) is 51.0 cm³/mol. The molecule has 0 atom stereocenters. The van der Waals surface area contributed by atoms with Crippen molar-refractivity contribution in [3.05, 3.63) is 24.2 Å². The van der Waals surface area contributed by atoms with Gasteiger partial charge < -0.3 is 15.8 Å². The van der Waals surface area contributed by atoms with Crippen LogP contribution in [0.2, 0.25) is 0 Å². The van der Waals surface area contributed by atoms with Crippen molar-refractivity contribution >= 4 is 11.8 Å². The summed E-state index contributed by atoms with van der Waals surface area (Å²) in [5.41, 5.74) is 5.33. The van der Waals surface area contributed by atoms with Crippen LogP contribution in [0.15, 0.2) is 18.6 Å². The number of aromatic nitrogens is 4. The van der Waals surface area contributed by atoms with E-state index in [0.29, 0.717) is 5.82 Å². The zero-order chi connectivity index (χ0) is 10.8. The van der Waals surface area contributed by atoms with Gasteiger partial charge in [-0.2, -0.15) is 0 Å². The molecule has 0 saturated carbocycles. The van der Waals surface area contributed by atoms with Crippen molar-refractivity contribution in [3.8, 4) is 11.6 Å². The van der Waals surface area contributed by atoms with Gasteiger partial charge in [-0.05, 0) is 0 Å². The highest BCUT2D eigenvalue weighted by atomic mass is 16.4. The van der Waals surface area contributed by atoms with E-state index in [9.17, 15) is 4.79 Å². The number of anilines is 1. The second kappa shape index (κ2) is 3.37. The van der Waals surface area contributed by atoms with Crippen LogP contribution in [-0.4, -0.2) is 31.0 Å². The number of rotatable bonds is 2. The van der Waals surface area contributed by atoms with Crippen molar-refractivity contribution in [2.75, 3.05) is 5.73 Å². The molecule has 0 aliphatic carbocycles. The summed E-state index contributed by atoms with van der Waals surface area (Å²) in [6.07, 6.45) is 4.31. The zero-order valence-electron chi connectivity index (χ0n) is 7.51. The third-order valence-corrected chi connectivity index (χ3v) is 1.76. The first-order valence-electron chi connectivity index (χ1n) is 4.04. The fourth-order valence-corrected chi connectivity index (χ4v) is 1.06. The van der Waals surface area contributed by atoms with E-state index >= 15 is 0 Å². The summed E-state index contributed by atoms with van der Waals surface area (Å²) in [6.45, 7) is 0. The van der Waals surface area contributed by atoms with Crippen LogP contribution in [0, 0.1) is 0 Å². The van der Waals surface area contributed by atoms with Crippen LogP contribution in [-0.2, 0) is 0 Å². The quantitative estimate of drug-likeness (QED) is 0.642. The molecule has 4 N–H and O–H groups in total. The minimum Gasteiger partial charge on any atom is -0.477 e. The SMILES string of the molecule is Nc1nc(-c2ncc[nH]2)ncc1C(=O)O. The molecule has 0 unspecified atom stereocenters. The van der Waals surface area contributed by atoms with Crippen molar-refractivity contribution < 1.29 is 9.90 Å². The van der Waals surface area contributed by atoms with Crippen molar-refractivity contribution in [1.82, 2.24) is 19.9 Å². The Balaban J connectivity index is 2.47. The molecule has 0 aliphatic heterocycles. The summed E-state index contributed by atoms with van der Waals surface area (Å²) in [5, 5.41) is 8.70. The van der Waals surface area contributed by atoms with E-state index in [2.05, 4.69) is 19.9 Å².